The summed E-state index contributed by atoms with van der Waals surface area (Å²) < 4.78 is 12.2. The molecule has 2 fully saturated rings. The first-order valence-electron chi connectivity index (χ1n) is 10.7. The smallest absolute Gasteiger partial charge is 0.0878 e. The second-order valence-corrected chi connectivity index (χ2v) is 9.73. The average Bonchev–Trinajstić information content (AvgIpc) is 2.66. The summed E-state index contributed by atoms with van der Waals surface area (Å²) in [4.78, 5) is 5.08. The Hall–Kier alpha value is -0.240. The molecule has 6 heteroatoms. The minimum absolute atomic E-state index is 0.0126. The van der Waals surface area contributed by atoms with E-state index in [4.69, 9.17) is 9.47 Å². The van der Waals surface area contributed by atoms with Crippen molar-refractivity contribution in [1.29, 1.82) is 0 Å². The summed E-state index contributed by atoms with van der Waals surface area (Å²) in [6.07, 6.45) is 0.439. The maximum atomic E-state index is 6.13. The van der Waals surface area contributed by atoms with Gasteiger partial charge in [-0.1, -0.05) is 0 Å². The summed E-state index contributed by atoms with van der Waals surface area (Å²) in [6, 6.07) is 1.04. The van der Waals surface area contributed by atoms with Gasteiger partial charge in [0.05, 0.1) is 25.4 Å². The predicted octanol–water partition coefficient (Wildman–Crippen LogP) is 1.55. The summed E-state index contributed by atoms with van der Waals surface area (Å²) in [6.45, 7) is 22.5. The van der Waals surface area contributed by atoms with E-state index >= 15 is 0 Å². The van der Waals surface area contributed by atoms with Crippen LogP contribution in [0.1, 0.15) is 48.5 Å². The molecular formula is C21H44N4O2. The fraction of sp³-hybridized carbons (Fsp3) is 1.00. The normalized spacial score (nSPS) is 27.9. The number of nitrogens with one attached hydrogen (secondary N) is 2. The van der Waals surface area contributed by atoms with Crippen molar-refractivity contribution in [2.24, 2.45) is 0 Å². The van der Waals surface area contributed by atoms with Crippen LogP contribution in [-0.4, -0.2) is 98.2 Å². The van der Waals surface area contributed by atoms with E-state index in [-0.39, 0.29) is 23.3 Å². The molecule has 0 spiro atoms. The van der Waals surface area contributed by atoms with Crippen molar-refractivity contribution in [2.75, 3.05) is 53.0 Å². The molecule has 3 atom stereocenters. The van der Waals surface area contributed by atoms with Gasteiger partial charge in [-0.3, -0.25) is 9.80 Å². The molecule has 27 heavy (non-hydrogen) atoms. The van der Waals surface area contributed by atoms with E-state index in [0.29, 0.717) is 12.1 Å². The third-order valence-corrected chi connectivity index (χ3v) is 6.66. The van der Waals surface area contributed by atoms with E-state index in [1.807, 2.05) is 7.05 Å². The first-order valence-corrected chi connectivity index (χ1v) is 10.7. The van der Waals surface area contributed by atoms with Crippen molar-refractivity contribution in [3.8, 4) is 0 Å². The summed E-state index contributed by atoms with van der Waals surface area (Å²) in [5, 5.41) is 7.20. The van der Waals surface area contributed by atoms with Crippen LogP contribution in [0.5, 0.6) is 0 Å². The number of hydrogen-bond acceptors (Lipinski definition) is 6. The monoisotopic (exact) mass is 384 g/mol. The molecule has 1 unspecified atom stereocenters. The molecule has 0 saturated carbocycles. The molecule has 0 radical (unpaired) electrons. The highest BCUT2D eigenvalue weighted by Crippen LogP contribution is 2.21. The largest absolute Gasteiger partial charge is 0.374 e. The maximum absolute atomic E-state index is 6.13. The number of likely N-dealkylation sites (N-methyl/N-ethyl adjacent to an activating group) is 1. The Morgan fingerprint density at radius 3 is 1.96 bits per heavy atom. The van der Waals surface area contributed by atoms with Crippen LogP contribution in [0, 0.1) is 0 Å². The molecule has 2 aliphatic heterocycles. The van der Waals surface area contributed by atoms with Crippen LogP contribution in [0.3, 0.4) is 0 Å². The van der Waals surface area contributed by atoms with E-state index < -0.39 is 0 Å². The Bertz CT molecular complexity index is 455. The summed E-state index contributed by atoms with van der Waals surface area (Å²) in [7, 11) is 2.01. The molecule has 6 nitrogen and oxygen atoms in total. The van der Waals surface area contributed by atoms with Crippen molar-refractivity contribution < 1.29 is 9.47 Å². The number of morpholine rings is 2. The molecule has 2 saturated heterocycles. The van der Waals surface area contributed by atoms with E-state index in [0.717, 1.165) is 45.9 Å². The first-order chi connectivity index (χ1) is 12.6. The Labute approximate surface area is 167 Å². The maximum Gasteiger partial charge on any atom is 0.0878 e. The van der Waals surface area contributed by atoms with Crippen LogP contribution >= 0.6 is 0 Å². The topological polar surface area (TPSA) is 49.0 Å². The van der Waals surface area contributed by atoms with Crippen LogP contribution in [0.4, 0.5) is 0 Å². The number of hydrogen-bond donors (Lipinski definition) is 2. The predicted molar refractivity (Wildman–Crippen MR) is 112 cm³/mol. The molecule has 2 aliphatic rings. The van der Waals surface area contributed by atoms with Gasteiger partial charge >= 0.3 is 0 Å². The lowest BCUT2D eigenvalue weighted by Crippen LogP contribution is -2.62. The molecule has 0 aromatic rings. The lowest BCUT2D eigenvalue weighted by Gasteiger charge is -2.45. The van der Waals surface area contributed by atoms with Crippen molar-refractivity contribution in [3.63, 3.8) is 0 Å². The van der Waals surface area contributed by atoms with Crippen LogP contribution in [0.25, 0.3) is 0 Å². The third-order valence-electron chi connectivity index (χ3n) is 6.66. The highest BCUT2D eigenvalue weighted by atomic mass is 16.5. The zero-order chi connectivity index (χ0) is 20.2. The SMILES string of the molecule is CNC(C)(C)[C@@H]1CN(C(C)CNC(C)(C)[C@H]2CN(C(C)C)CCO2)CCO1. The van der Waals surface area contributed by atoms with Crippen molar-refractivity contribution in [2.45, 2.75) is 83.8 Å². The molecule has 2 heterocycles. The summed E-state index contributed by atoms with van der Waals surface area (Å²) in [5.74, 6) is 0. The van der Waals surface area contributed by atoms with Gasteiger partial charge in [0, 0.05) is 55.9 Å². The lowest BCUT2D eigenvalue weighted by atomic mass is 9.94. The zero-order valence-corrected chi connectivity index (χ0v) is 19.0. The van der Waals surface area contributed by atoms with E-state index in [9.17, 15) is 0 Å². The van der Waals surface area contributed by atoms with Gasteiger partial charge in [-0.25, -0.2) is 0 Å². The van der Waals surface area contributed by atoms with E-state index in [1.54, 1.807) is 0 Å². The van der Waals surface area contributed by atoms with Crippen LogP contribution in [0.15, 0.2) is 0 Å². The second-order valence-electron chi connectivity index (χ2n) is 9.73. The van der Waals surface area contributed by atoms with E-state index in [2.05, 4.69) is 68.9 Å². The molecular weight excluding hydrogens is 340 g/mol. The van der Waals surface area contributed by atoms with Gasteiger partial charge in [-0.2, -0.15) is 0 Å². The third kappa shape index (κ3) is 6.12. The molecule has 2 rings (SSSR count). The fourth-order valence-electron chi connectivity index (χ4n) is 3.90. The summed E-state index contributed by atoms with van der Waals surface area (Å²) >= 11 is 0. The number of nitrogens with zero attached hydrogens (tertiary/aromatic N) is 2. The molecule has 0 amide bonds. The Morgan fingerprint density at radius 2 is 1.41 bits per heavy atom. The molecule has 0 aromatic heterocycles. The van der Waals surface area contributed by atoms with Gasteiger partial charge in [0.2, 0.25) is 0 Å². The van der Waals surface area contributed by atoms with Crippen LogP contribution < -0.4 is 10.6 Å². The molecule has 0 aromatic carbocycles. The Balaban J connectivity index is 1.87. The number of ether oxygens (including phenoxy) is 2. The van der Waals surface area contributed by atoms with Crippen molar-refractivity contribution in [1.82, 2.24) is 20.4 Å². The first kappa shape index (κ1) is 23.0. The molecule has 0 bridgehead atoms. The molecule has 160 valence electrons. The Morgan fingerprint density at radius 1 is 0.889 bits per heavy atom. The van der Waals surface area contributed by atoms with Gasteiger partial charge in [-0.05, 0) is 55.5 Å². The average molecular weight is 385 g/mol. The van der Waals surface area contributed by atoms with Gasteiger partial charge < -0.3 is 20.1 Å². The highest BCUT2D eigenvalue weighted by Gasteiger charge is 2.37. The van der Waals surface area contributed by atoms with Crippen molar-refractivity contribution >= 4 is 0 Å². The second kappa shape index (κ2) is 9.51. The van der Waals surface area contributed by atoms with Gasteiger partial charge in [0.1, 0.15) is 0 Å². The summed E-state index contributed by atoms with van der Waals surface area (Å²) in [5.41, 5.74) is -0.0565. The fourth-order valence-corrected chi connectivity index (χ4v) is 3.90. The van der Waals surface area contributed by atoms with Crippen LogP contribution in [-0.2, 0) is 9.47 Å². The van der Waals surface area contributed by atoms with Gasteiger partial charge in [0.25, 0.3) is 0 Å². The van der Waals surface area contributed by atoms with Gasteiger partial charge in [-0.15, -0.1) is 0 Å². The minimum atomic E-state index is -0.0439. The highest BCUT2D eigenvalue weighted by molar-refractivity contribution is 4.94. The molecule has 2 N–H and O–H groups in total. The van der Waals surface area contributed by atoms with E-state index in [1.165, 1.54) is 0 Å². The minimum Gasteiger partial charge on any atom is -0.374 e. The lowest BCUT2D eigenvalue weighted by molar-refractivity contribution is -0.0841. The zero-order valence-electron chi connectivity index (χ0n) is 19.0. The number of rotatable bonds is 8. The van der Waals surface area contributed by atoms with Crippen LogP contribution in [0.2, 0.25) is 0 Å². The van der Waals surface area contributed by atoms with Crippen molar-refractivity contribution in [3.05, 3.63) is 0 Å². The van der Waals surface area contributed by atoms with Gasteiger partial charge in [0.15, 0.2) is 0 Å². The standard InChI is InChI=1S/C21H44N4O2/c1-16(2)24-9-11-27-19(14-24)21(6,7)23-13-17(3)25-10-12-26-18(15-25)20(4,5)22-8/h16-19,22-23H,9-15H2,1-8H3/t17?,18-,19+/m0/s1. The molecule has 0 aliphatic carbocycles. The Kier molecular flexibility index (Phi) is 8.11. The quantitative estimate of drug-likeness (QED) is 0.662.